The number of aromatic nitrogens is 2. The van der Waals surface area contributed by atoms with Crippen molar-refractivity contribution in [3.8, 4) is 0 Å². The lowest BCUT2D eigenvalue weighted by Gasteiger charge is -2.30. The summed E-state index contributed by atoms with van der Waals surface area (Å²) < 4.78 is 27.1. The maximum atomic E-state index is 13.7. The summed E-state index contributed by atoms with van der Waals surface area (Å²) in [6, 6.07) is 11.8. The minimum absolute atomic E-state index is 0.109. The number of Topliss-reactive ketones (excluding diaryl/α,β-unsaturated/α-hetero) is 1. The second kappa shape index (κ2) is 6.21. The highest BCUT2D eigenvalue weighted by atomic mass is 19.2. The van der Waals surface area contributed by atoms with Gasteiger partial charge in [-0.25, -0.2) is 8.78 Å². The number of H-pyrrole nitrogens is 1. The molecule has 4 aromatic rings. The third kappa shape index (κ3) is 2.92. The molecule has 1 N–H and O–H groups in total. The fourth-order valence-corrected chi connectivity index (χ4v) is 4.48. The number of carbonyl (C=O) groups excluding carboxylic acids is 1. The normalized spacial score (nSPS) is 15.8. The Balaban J connectivity index is 1.79. The molecule has 0 radical (unpaired) electrons. The highest BCUT2D eigenvalue weighted by molar-refractivity contribution is 6.19. The molecule has 2 heterocycles. The van der Waals surface area contributed by atoms with Gasteiger partial charge in [0.25, 0.3) is 0 Å². The lowest BCUT2D eigenvalue weighted by atomic mass is 9.74. The summed E-state index contributed by atoms with van der Waals surface area (Å²) in [5, 5.41) is 1.88. The predicted octanol–water partition coefficient (Wildman–Crippen LogP) is 5.74. The summed E-state index contributed by atoms with van der Waals surface area (Å²) >= 11 is 0. The maximum Gasteiger partial charge on any atom is 0.165 e. The van der Waals surface area contributed by atoms with Gasteiger partial charge in [-0.1, -0.05) is 38.1 Å². The Labute approximate surface area is 166 Å². The van der Waals surface area contributed by atoms with Gasteiger partial charge in [-0.15, -0.1) is 0 Å². The van der Waals surface area contributed by atoms with Crippen molar-refractivity contribution in [1.82, 2.24) is 9.97 Å². The summed E-state index contributed by atoms with van der Waals surface area (Å²) in [6.07, 6.45) is 1.54. The molecule has 1 aliphatic rings. The lowest BCUT2D eigenvalue weighted by Crippen LogP contribution is -2.28. The van der Waals surface area contributed by atoms with Gasteiger partial charge in [0.05, 0.1) is 16.9 Å². The van der Waals surface area contributed by atoms with Crippen molar-refractivity contribution in [1.29, 1.82) is 0 Å². The Morgan fingerprint density at radius 2 is 1.86 bits per heavy atom. The number of para-hydroxylation sites is 1. The number of nitrogens with one attached hydrogen (secondary N) is 1. The fourth-order valence-electron chi connectivity index (χ4n) is 4.48. The van der Waals surface area contributed by atoms with Crippen LogP contribution < -0.4 is 0 Å². The minimum Gasteiger partial charge on any atom is -0.353 e. The van der Waals surface area contributed by atoms with Crippen LogP contribution in [0.15, 0.2) is 42.5 Å². The van der Waals surface area contributed by atoms with Crippen LogP contribution in [0.4, 0.5) is 8.78 Å². The van der Waals surface area contributed by atoms with Crippen molar-refractivity contribution in [3.63, 3.8) is 0 Å². The van der Waals surface area contributed by atoms with Gasteiger partial charge < -0.3 is 4.98 Å². The van der Waals surface area contributed by atoms with Gasteiger partial charge >= 0.3 is 0 Å². The van der Waals surface area contributed by atoms with Crippen LogP contribution in [0, 0.1) is 17.0 Å². The van der Waals surface area contributed by atoms with Crippen molar-refractivity contribution in [3.05, 3.63) is 76.6 Å². The van der Waals surface area contributed by atoms with Crippen LogP contribution in [0.25, 0.3) is 21.8 Å². The standard InChI is InChI=1S/C24H20F2N2O/c1-24(2)11-19-22(20(29)12-24)21-14-5-3-4-6-17(14)28-23(21)18(27-19)10-13-7-8-15(25)16(26)9-13/h3-9,28H,10-12H2,1-2H3. The van der Waals surface area contributed by atoms with Crippen LogP contribution in [0.1, 0.15) is 47.6 Å². The van der Waals surface area contributed by atoms with E-state index in [1.807, 2.05) is 24.3 Å². The number of carbonyl (C=O) groups is 1. The van der Waals surface area contributed by atoms with Gasteiger partial charge in [0.2, 0.25) is 0 Å². The van der Waals surface area contributed by atoms with Crippen LogP contribution >= 0.6 is 0 Å². The average molecular weight is 390 g/mol. The van der Waals surface area contributed by atoms with Gasteiger partial charge in [0, 0.05) is 34.7 Å². The Morgan fingerprint density at radius 3 is 2.66 bits per heavy atom. The van der Waals surface area contributed by atoms with Gasteiger partial charge in [-0.3, -0.25) is 9.78 Å². The number of aromatic amines is 1. The quantitative estimate of drug-likeness (QED) is 0.474. The number of benzene rings is 2. The molecule has 2 aromatic heterocycles. The molecule has 0 fully saturated rings. The lowest BCUT2D eigenvalue weighted by molar-refractivity contribution is 0.0912. The first kappa shape index (κ1) is 18.0. The third-order valence-corrected chi connectivity index (χ3v) is 5.72. The van der Waals surface area contributed by atoms with Gasteiger partial charge in [-0.05, 0) is 35.6 Å². The summed E-state index contributed by atoms with van der Waals surface area (Å²) in [6.45, 7) is 4.15. The van der Waals surface area contributed by atoms with E-state index in [0.717, 1.165) is 39.3 Å². The Morgan fingerprint density at radius 1 is 1.07 bits per heavy atom. The second-order valence-electron chi connectivity index (χ2n) is 8.67. The topological polar surface area (TPSA) is 45.8 Å². The maximum absolute atomic E-state index is 13.7. The monoisotopic (exact) mass is 390 g/mol. The second-order valence-corrected chi connectivity index (χ2v) is 8.67. The van der Waals surface area contributed by atoms with Gasteiger partial charge in [-0.2, -0.15) is 0 Å². The van der Waals surface area contributed by atoms with E-state index in [-0.39, 0.29) is 11.2 Å². The van der Waals surface area contributed by atoms with Crippen LogP contribution in [-0.4, -0.2) is 15.8 Å². The summed E-state index contributed by atoms with van der Waals surface area (Å²) in [5.41, 5.74) is 4.44. The molecule has 5 rings (SSSR count). The molecular weight excluding hydrogens is 370 g/mol. The van der Waals surface area contributed by atoms with Crippen LogP contribution in [0.2, 0.25) is 0 Å². The van der Waals surface area contributed by atoms with Crippen LogP contribution in [0.5, 0.6) is 0 Å². The van der Waals surface area contributed by atoms with E-state index in [1.165, 1.54) is 6.07 Å². The van der Waals surface area contributed by atoms with E-state index >= 15 is 0 Å². The SMILES string of the molecule is CC1(C)CC(=O)c2c(nc(Cc3ccc(F)c(F)c3)c3[nH]c4ccccc4c23)C1. The van der Waals surface area contributed by atoms with Crippen LogP contribution in [0.3, 0.4) is 0 Å². The van der Waals surface area contributed by atoms with E-state index < -0.39 is 11.6 Å². The third-order valence-electron chi connectivity index (χ3n) is 5.72. The molecule has 3 nitrogen and oxygen atoms in total. The molecule has 0 bridgehead atoms. The first-order valence-corrected chi connectivity index (χ1v) is 9.72. The van der Waals surface area contributed by atoms with Crippen molar-refractivity contribution in [2.45, 2.75) is 33.1 Å². The van der Waals surface area contributed by atoms with Crippen molar-refractivity contribution >= 4 is 27.6 Å². The molecule has 29 heavy (non-hydrogen) atoms. The van der Waals surface area contributed by atoms with Gasteiger partial charge in [0.1, 0.15) is 0 Å². The zero-order valence-electron chi connectivity index (χ0n) is 16.3. The zero-order chi connectivity index (χ0) is 20.3. The molecule has 0 spiro atoms. The first-order valence-electron chi connectivity index (χ1n) is 9.72. The molecule has 0 aliphatic heterocycles. The molecule has 0 unspecified atom stereocenters. The Kier molecular flexibility index (Phi) is 3.85. The average Bonchev–Trinajstić information content (AvgIpc) is 3.03. The molecular formula is C24H20F2N2O. The molecule has 146 valence electrons. The highest BCUT2D eigenvalue weighted by Crippen LogP contribution is 2.40. The van der Waals surface area contributed by atoms with Crippen molar-refractivity contribution in [2.75, 3.05) is 0 Å². The fraction of sp³-hybridized carbons (Fsp3) is 0.250. The van der Waals surface area contributed by atoms with Gasteiger partial charge in [0.15, 0.2) is 17.4 Å². The summed E-state index contributed by atoms with van der Waals surface area (Å²) in [4.78, 5) is 21.3. The molecule has 1 aliphatic carbocycles. The number of hydrogen-bond acceptors (Lipinski definition) is 2. The highest BCUT2D eigenvalue weighted by Gasteiger charge is 2.34. The summed E-state index contributed by atoms with van der Waals surface area (Å²) in [7, 11) is 0. The van der Waals surface area contributed by atoms with Crippen LogP contribution in [-0.2, 0) is 12.8 Å². The molecule has 0 atom stereocenters. The van der Waals surface area contributed by atoms with Crippen molar-refractivity contribution in [2.24, 2.45) is 5.41 Å². The van der Waals surface area contributed by atoms with E-state index in [0.29, 0.717) is 30.4 Å². The number of fused-ring (bicyclic) bond motifs is 5. The first-order chi connectivity index (χ1) is 13.8. The zero-order valence-corrected chi connectivity index (χ0v) is 16.3. The smallest absolute Gasteiger partial charge is 0.165 e. The molecule has 0 saturated heterocycles. The largest absolute Gasteiger partial charge is 0.353 e. The number of nitrogens with zero attached hydrogens (tertiary/aromatic N) is 1. The molecule has 2 aromatic carbocycles. The molecule has 5 heteroatoms. The van der Waals surface area contributed by atoms with E-state index in [2.05, 4.69) is 18.8 Å². The Hall–Kier alpha value is -3.08. The molecule has 0 amide bonds. The number of rotatable bonds is 2. The van der Waals surface area contributed by atoms with E-state index in [4.69, 9.17) is 4.98 Å². The Bertz CT molecular complexity index is 1300. The molecule has 0 saturated carbocycles. The number of hydrogen-bond donors (Lipinski definition) is 1. The van der Waals surface area contributed by atoms with E-state index in [1.54, 1.807) is 6.07 Å². The minimum atomic E-state index is -0.871. The number of ketones is 1. The van der Waals surface area contributed by atoms with E-state index in [9.17, 15) is 13.6 Å². The number of halogens is 2. The summed E-state index contributed by atoms with van der Waals surface area (Å²) in [5.74, 6) is -1.63. The van der Waals surface area contributed by atoms with Crippen molar-refractivity contribution < 1.29 is 13.6 Å². The predicted molar refractivity (Wildman–Crippen MR) is 109 cm³/mol. The number of pyridine rings is 1.